The molecule has 1 aromatic rings. The molecule has 1 aliphatic heterocycles. The Hall–Kier alpha value is -2.51. The molecule has 0 spiro atoms. The summed E-state index contributed by atoms with van der Waals surface area (Å²) in [7, 11) is 0. The van der Waals surface area contributed by atoms with Gasteiger partial charge in [-0.1, -0.05) is 0 Å². The van der Waals surface area contributed by atoms with Gasteiger partial charge >= 0.3 is 5.97 Å². The monoisotopic (exact) mass is 320 g/mol. The summed E-state index contributed by atoms with van der Waals surface area (Å²) in [6.07, 6.45) is 1.33. The van der Waals surface area contributed by atoms with Crippen LogP contribution in [0.5, 0.6) is 0 Å². The minimum absolute atomic E-state index is 0.0446. The fourth-order valence-corrected chi connectivity index (χ4v) is 4.30. The van der Waals surface area contributed by atoms with Crippen LogP contribution < -0.4 is 5.32 Å². The Morgan fingerprint density at radius 3 is 2.91 bits per heavy atom. The van der Waals surface area contributed by atoms with Gasteiger partial charge in [0.15, 0.2) is 0 Å². The van der Waals surface area contributed by atoms with Crippen molar-refractivity contribution >= 4 is 23.3 Å². The van der Waals surface area contributed by atoms with Crippen LogP contribution in [0.3, 0.4) is 0 Å². The standard InChI is InChI=1S/C15H13FN2O5/c16-9-2-1-7(18(21)22)5-10(9)17-14(19)12-6-3-8-11(4-6)23-15(20)13(8)12/h1-2,5-6,8,11-13H,3-4H2,(H,17,19)/t6-,8+,11+,12-,13-/m1/s1. The molecule has 4 rings (SSSR count). The molecule has 1 amide bonds. The molecule has 3 aliphatic rings. The number of amides is 1. The average molecular weight is 320 g/mol. The lowest BCUT2D eigenvalue weighted by Crippen LogP contribution is -2.36. The van der Waals surface area contributed by atoms with Gasteiger partial charge in [-0.2, -0.15) is 0 Å². The quantitative estimate of drug-likeness (QED) is 0.521. The van der Waals surface area contributed by atoms with E-state index in [2.05, 4.69) is 5.32 Å². The lowest BCUT2D eigenvalue weighted by molar-refractivity contribution is -0.384. The van der Waals surface area contributed by atoms with E-state index in [-0.39, 0.29) is 35.3 Å². The molecule has 23 heavy (non-hydrogen) atoms. The second kappa shape index (κ2) is 4.74. The van der Waals surface area contributed by atoms with Crippen LogP contribution in [0.2, 0.25) is 0 Å². The third-order valence-electron chi connectivity index (χ3n) is 5.20. The van der Waals surface area contributed by atoms with E-state index in [1.54, 1.807) is 0 Å². The second-order valence-corrected chi connectivity index (χ2v) is 6.33. The number of carbonyl (C=O) groups excluding carboxylic acids is 2. The first-order valence-electron chi connectivity index (χ1n) is 7.41. The van der Waals surface area contributed by atoms with Crippen LogP contribution in [0.25, 0.3) is 0 Å². The highest BCUT2D eigenvalue weighted by Gasteiger charge is 2.63. The summed E-state index contributed by atoms with van der Waals surface area (Å²) in [6.45, 7) is 0. The minimum atomic E-state index is -0.751. The molecule has 0 aromatic heterocycles. The highest BCUT2D eigenvalue weighted by atomic mass is 19.1. The number of nitro groups is 1. The van der Waals surface area contributed by atoms with Crippen LogP contribution in [-0.2, 0) is 14.3 Å². The van der Waals surface area contributed by atoms with Crippen LogP contribution in [0.15, 0.2) is 18.2 Å². The van der Waals surface area contributed by atoms with Gasteiger partial charge < -0.3 is 10.1 Å². The molecular weight excluding hydrogens is 307 g/mol. The Balaban J connectivity index is 1.58. The van der Waals surface area contributed by atoms with Crippen molar-refractivity contribution in [2.45, 2.75) is 18.9 Å². The largest absolute Gasteiger partial charge is 0.462 e. The van der Waals surface area contributed by atoms with Crippen LogP contribution in [0.1, 0.15) is 12.8 Å². The van der Waals surface area contributed by atoms with Crippen molar-refractivity contribution in [2.75, 3.05) is 5.32 Å². The second-order valence-electron chi connectivity index (χ2n) is 6.33. The molecule has 120 valence electrons. The van der Waals surface area contributed by atoms with E-state index in [1.165, 1.54) is 0 Å². The normalized spacial score (nSPS) is 33.6. The number of non-ortho nitro benzene ring substituents is 1. The van der Waals surface area contributed by atoms with Crippen molar-refractivity contribution < 1.29 is 23.6 Å². The number of anilines is 1. The van der Waals surface area contributed by atoms with E-state index in [1.807, 2.05) is 0 Å². The smallest absolute Gasteiger partial charge is 0.310 e. The molecule has 7 nitrogen and oxygen atoms in total. The molecule has 2 bridgehead atoms. The number of esters is 1. The molecule has 0 unspecified atom stereocenters. The molecule has 1 aromatic carbocycles. The minimum Gasteiger partial charge on any atom is -0.462 e. The SMILES string of the molecule is O=C(Nc1cc([N+](=O)[O-])ccc1F)[C@@H]1[C@@H]2C[C@@H]3[C@H]1C(=O)O[C@H]3C2. The lowest BCUT2D eigenvalue weighted by atomic mass is 9.79. The zero-order chi connectivity index (χ0) is 16.3. The summed E-state index contributed by atoms with van der Waals surface area (Å²) in [6, 6.07) is 2.95. The number of halogens is 1. The maximum absolute atomic E-state index is 13.8. The number of hydrogen-bond acceptors (Lipinski definition) is 5. The highest BCUT2D eigenvalue weighted by molar-refractivity contribution is 5.97. The first kappa shape index (κ1) is 14.1. The van der Waals surface area contributed by atoms with Crippen LogP contribution in [-0.4, -0.2) is 22.9 Å². The van der Waals surface area contributed by atoms with Crippen molar-refractivity contribution in [3.05, 3.63) is 34.1 Å². The van der Waals surface area contributed by atoms with Crippen molar-refractivity contribution in [1.82, 2.24) is 0 Å². The number of nitrogens with one attached hydrogen (secondary N) is 1. The molecule has 1 saturated heterocycles. The summed E-state index contributed by atoms with van der Waals surface area (Å²) >= 11 is 0. The van der Waals surface area contributed by atoms with Gasteiger partial charge in [0, 0.05) is 18.1 Å². The molecule has 8 heteroatoms. The highest BCUT2D eigenvalue weighted by Crippen LogP contribution is 2.57. The molecule has 2 saturated carbocycles. The van der Waals surface area contributed by atoms with Gasteiger partial charge in [0.25, 0.3) is 5.69 Å². The number of nitrogens with zero attached hydrogens (tertiary/aromatic N) is 1. The molecule has 1 heterocycles. The topological polar surface area (TPSA) is 98.5 Å². The van der Waals surface area contributed by atoms with Crippen molar-refractivity contribution in [3.8, 4) is 0 Å². The summed E-state index contributed by atoms with van der Waals surface area (Å²) in [5.41, 5.74) is -0.551. The molecule has 2 aliphatic carbocycles. The Kier molecular flexibility index (Phi) is 2.91. The Morgan fingerprint density at radius 2 is 2.17 bits per heavy atom. The Bertz CT molecular complexity index is 735. The molecule has 0 radical (unpaired) electrons. The van der Waals surface area contributed by atoms with E-state index in [0.717, 1.165) is 24.6 Å². The van der Waals surface area contributed by atoms with Crippen molar-refractivity contribution in [2.24, 2.45) is 23.7 Å². The summed E-state index contributed by atoms with van der Waals surface area (Å²) in [5.74, 6) is -2.50. The number of carbonyl (C=O) groups is 2. The fourth-order valence-electron chi connectivity index (χ4n) is 4.30. The van der Waals surface area contributed by atoms with Gasteiger partial charge in [0.05, 0.1) is 22.4 Å². The first-order chi connectivity index (χ1) is 11.0. The fraction of sp³-hybridized carbons (Fsp3) is 0.467. The van der Waals surface area contributed by atoms with Gasteiger partial charge in [-0.25, -0.2) is 4.39 Å². The van der Waals surface area contributed by atoms with Crippen LogP contribution >= 0.6 is 0 Å². The summed E-state index contributed by atoms with van der Waals surface area (Å²) < 4.78 is 19.1. The van der Waals surface area contributed by atoms with Crippen molar-refractivity contribution in [1.29, 1.82) is 0 Å². The molecular formula is C15H13FN2O5. The van der Waals surface area contributed by atoms with Crippen LogP contribution in [0, 0.1) is 39.6 Å². The van der Waals surface area contributed by atoms with Gasteiger partial charge in [-0.3, -0.25) is 19.7 Å². The predicted molar refractivity (Wildman–Crippen MR) is 74.8 cm³/mol. The maximum atomic E-state index is 13.8. The van der Waals surface area contributed by atoms with E-state index >= 15 is 0 Å². The van der Waals surface area contributed by atoms with Gasteiger partial charge in [-0.15, -0.1) is 0 Å². The number of fused-ring (bicyclic) bond motifs is 1. The Morgan fingerprint density at radius 1 is 1.39 bits per heavy atom. The molecule has 1 N–H and O–H groups in total. The average Bonchev–Trinajstić information content (AvgIpc) is 3.10. The zero-order valence-electron chi connectivity index (χ0n) is 11.9. The molecule has 3 fully saturated rings. The summed E-state index contributed by atoms with van der Waals surface area (Å²) in [4.78, 5) is 34.5. The van der Waals surface area contributed by atoms with E-state index in [4.69, 9.17) is 4.74 Å². The van der Waals surface area contributed by atoms with Crippen LogP contribution in [0.4, 0.5) is 15.8 Å². The molecule has 5 atom stereocenters. The number of benzene rings is 1. The summed E-state index contributed by atoms with van der Waals surface area (Å²) in [5, 5.41) is 13.2. The van der Waals surface area contributed by atoms with Gasteiger partial charge in [-0.05, 0) is 24.8 Å². The number of ether oxygens (including phenoxy) is 1. The van der Waals surface area contributed by atoms with Gasteiger partial charge in [0.1, 0.15) is 11.9 Å². The Labute approximate surface area is 130 Å². The van der Waals surface area contributed by atoms with Gasteiger partial charge in [0.2, 0.25) is 5.91 Å². The van der Waals surface area contributed by atoms with E-state index in [9.17, 15) is 24.1 Å². The van der Waals surface area contributed by atoms with E-state index < -0.39 is 28.5 Å². The number of hydrogen-bond donors (Lipinski definition) is 1. The third-order valence-corrected chi connectivity index (χ3v) is 5.20. The van der Waals surface area contributed by atoms with E-state index in [0.29, 0.717) is 6.42 Å². The number of nitro benzene ring substituents is 1. The number of rotatable bonds is 3. The van der Waals surface area contributed by atoms with Crippen molar-refractivity contribution in [3.63, 3.8) is 0 Å². The maximum Gasteiger partial charge on any atom is 0.310 e. The third kappa shape index (κ3) is 2.01. The predicted octanol–water partition coefficient (Wildman–Crippen LogP) is 1.87. The first-order valence-corrected chi connectivity index (χ1v) is 7.41. The zero-order valence-corrected chi connectivity index (χ0v) is 11.9. The lowest BCUT2D eigenvalue weighted by Gasteiger charge is -2.23.